The number of ether oxygens (including phenoxy) is 1. The first-order valence-corrected chi connectivity index (χ1v) is 12.4. The molecule has 172 valence electrons. The van der Waals surface area contributed by atoms with E-state index in [9.17, 15) is 13.2 Å². The molecule has 0 aliphatic rings. The lowest BCUT2D eigenvalue weighted by Crippen LogP contribution is -2.27. The molecule has 0 aliphatic carbocycles. The summed E-state index contributed by atoms with van der Waals surface area (Å²) in [6, 6.07) is 5.19. The maximum Gasteiger partial charge on any atom is 0.340 e. The Labute approximate surface area is 198 Å². The fourth-order valence-corrected chi connectivity index (χ4v) is 4.54. The number of fused-ring (bicyclic) bond motifs is 1. The van der Waals surface area contributed by atoms with Crippen molar-refractivity contribution >= 4 is 49.9 Å². The second kappa shape index (κ2) is 9.10. The van der Waals surface area contributed by atoms with Crippen LogP contribution in [0.5, 0.6) is 10.9 Å². The summed E-state index contributed by atoms with van der Waals surface area (Å²) in [6.45, 7) is 3.72. The van der Waals surface area contributed by atoms with Crippen LogP contribution in [0.2, 0.25) is 5.02 Å². The Balaban J connectivity index is 1.73. The van der Waals surface area contributed by atoms with Crippen molar-refractivity contribution in [1.29, 1.82) is 0 Å². The van der Waals surface area contributed by atoms with Crippen molar-refractivity contribution in [2.24, 2.45) is 0 Å². The van der Waals surface area contributed by atoms with Gasteiger partial charge in [0.05, 0.1) is 5.02 Å². The third-order valence-electron chi connectivity index (χ3n) is 5.03. The van der Waals surface area contributed by atoms with Crippen LogP contribution in [-0.2, 0) is 16.6 Å². The van der Waals surface area contributed by atoms with Gasteiger partial charge in [-0.2, -0.15) is 8.42 Å². The van der Waals surface area contributed by atoms with Crippen molar-refractivity contribution in [2.45, 2.75) is 20.3 Å². The number of anilines is 1. The average Bonchev–Trinajstić information content (AvgIpc) is 3.28. The Morgan fingerprint density at radius 1 is 1.21 bits per heavy atom. The maximum absolute atomic E-state index is 12.8. The third-order valence-corrected chi connectivity index (χ3v) is 7.10. The van der Waals surface area contributed by atoms with E-state index in [1.165, 1.54) is 24.6 Å². The zero-order valence-corrected chi connectivity index (χ0v) is 20.2. The number of hydrogen-bond donors (Lipinski definition) is 2. The van der Waals surface area contributed by atoms with Crippen molar-refractivity contribution in [1.82, 2.24) is 14.7 Å². The molecule has 0 unspecified atom stereocenters. The molecule has 4 rings (SSSR count). The lowest BCUT2D eigenvalue weighted by Gasteiger charge is -2.13. The van der Waals surface area contributed by atoms with E-state index >= 15 is 0 Å². The first kappa shape index (κ1) is 23.2. The summed E-state index contributed by atoms with van der Waals surface area (Å²) in [5.41, 5.74) is 2.39. The minimum Gasteiger partial charge on any atom is -0.430 e. The van der Waals surface area contributed by atoms with Gasteiger partial charge in [-0.3, -0.25) is 4.72 Å². The van der Waals surface area contributed by atoms with Gasteiger partial charge in [0.25, 0.3) is 15.4 Å². The predicted octanol–water partition coefficient (Wildman–Crippen LogP) is 4.17. The number of rotatable bonds is 7. The van der Waals surface area contributed by atoms with Gasteiger partial charge in [-0.15, -0.1) is 0 Å². The second-order valence-corrected chi connectivity index (χ2v) is 9.98. The van der Waals surface area contributed by atoms with Gasteiger partial charge in [0.2, 0.25) is 0 Å². The molecular weight excluding hydrogens is 488 g/mol. The Bertz CT molecular complexity index is 1500. The van der Waals surface area contributed by atoms with Gasteiger partial charge in [0.1, 0.15) is 11.3 Å². The Hall–Kier alpha value is -2.99. The van der Waals surface area contributed by atoms with Crippen LogP contribution >= 0.6 is 22.9 Å². The van der Waals surface area contributed by atoms with E-state index < -0.39 is 15.8 Å². The van der Waals surface area contributed by atoms with Crippen LogP contribution < -0.4 is 19.8 Å². The highest BCUT2D eigenvalue weighted by molar-refractivity contribution is 7.90. The molecule has 2 N–H and O–H groups in total. The van der Waals surface area contributed by atoms with Crippen molar-refractivity contribution in [2.75, 3.05) is 11.8 Å². The number of aromatic nitrogens is 2. The molecule has 0 aliphatic heterocycles. The smallest absolute Gasteiger partial charge is 0.340 e. The number of nitrogens with one attached hydrogen (secondary N) is 2. The highest BCUT2D eigenvalue weighted by Crippen LogP contribution is 2.33. The second-order valence-electron chi connectivity index (χ2n) is 7.13. The Morgan fingerprint density at radius 2 is 2.00 bits per heavy atom. The molecular formula is C21H19ClN4O5S2. The summed E-state index contributed by atoms with van der Waals surface area (Å²) in [6.07, 6.45) is 3.20. The topological polar surface area (TPSA) is 123 Å². The molecule has 0 radical (unpaired) electrons. The molecule has 0 fully saturated rings. The molecule has 0 atom stereocenters. The number of aryl methyl sites for hydroxylation is 2. The van der Waals surface area contributed by atoms with E-state index in [-0.39, 0.29) is 17.3 Å². The molecule has 1 aromatic carbocycles. The van der Waals surface area contributed by atoms with Crippen LogP contribution in [0.4, 0.5) is 5.82 Å². The van der Waals surface area contributed by atoms with E-state index in [0.29, 0.717) is 27.7 Å². The molecule has 3 heterocycles. The van der Waals surface area contributed by atoms with Crippen LogP contribution in [0.1, 0.15) is 22.3 Å². The number of halogens is 1. The molecule has 0 saturated heterocycles. The molecule has 33 heavy (non-hydrogen) atoms. The molecule has 3 aromatic heterocycles. The minimum atomic E-state index is -3.80. The molecule has 9 nitrogen and oxygen atoms in total. The maximum atomic E-state index is 12.8. The van der Waals surface area contributed by atoms with Crippen molar-refractivity contribution in [3.63, 3.8) is 0 Å². The fraction of sp³-hybridized carbons (Fsp3) is 0.190. The molecule has 0 saturated carbocycles. The quantitative estimate of drug-likeness (QED) is 0.360. The summed E-state index contributed by atoms with van der Waals surface area (Å²) in [5, 5.41) is 3.15. The van der Waals surface area contributed by atoms with Crippen molar-refractivity contribution in [3.8, 4) is 10.9 Å². The van der Waals surface area contributed by atoms with Gasteiger partial charge in [-0.1, -0.05) is 22.9 Å². The molecule has 0 spiro atoms. The van der Waals surface area contributed by atoms with Gasteiger partial charge < -0.3 is 9.15 Å². The number of benzene rings is 1. The normalized spacial score (nSPS) is 11.6. The standard InChI is InChI=1S/C21H19ClN4O5S2/c1-11-8-14-12(2)15(9-13-4-5-24-19(18(13)22)26-33(28,29)23-3)20(27)30-17(14)10-16(11)31-21-25-6-7-32-21/h4-8,10,23H,9H2,1-3H3,(H,24,26). The summed E-state index contributed by atoms with van der Waals surface area (Å²) in [4.78, 5) is 20.9. The van der Waals surface area contributed by atoms with Crippen LogP contribution in [-0.4, -0.2) is 25.4 Å². The highest BCUT2D eigenvalue weighted by Gasteiger charge is 2.18. The number of thiazole rings is 1. The van der Waals surface area contributed by atoms with E-state index in [1.807, 2.05) is 25.3 Å². The minimum absolute atomic E-state index is 0.0360. The fourth-order valence-electron chi connectivity index (χ4n) is 3.25. The molecule has 0 amide bonds. The van der Waals surface area contributed by atoms with E-state index in [0.717, 1.165) is 16.5 Å². The first-order chi connectivity index (χ1) is 15.7. The van der Waals surface area contributed by atoms with E-state index in [1.54, 1.807) is 18.3 Å². The Morgan fingerprint density at radius 3 is 2.70 bits per heavy atom. The number of nitrogens with zero attached hydrogens (tertiary/aromatic N) is 2. The van der Waals surface area contributed by atoms with E-state index in [2.05, 4.69) is 19.4 Å². The number of pyridine rings is 1. The zero-order chi connectivity index (χ0) is 23.8. The van der Waals surface area contributed by atoms with E-state index in [4.69, 9.17) is 20.8 Å². The molecule has 0 bridgehead atoms. The van der Waals surface area contributed by atoms with Gasteiger partial charge in [-0.05, 0) is 42.7 Å². The van der Waals surface area contributed by atoms with Gasteiger partial charge >= 0.3 is 5.63 Å². The summed E-state index contributed by atoms with van der Waals surface area (Å²) in [5.74, 6) is 0.512. The average molecular weight is 507 g/mol. The van der Waals surface area contributed by atoms with Gasteiger partial charge in [-0.25, -0.2) is 19.5 Å². The Kier molecular flexibility index (Phi) is 6.39. The van der Waals surface area contributed by atoms with Crippen LogP contribution in [0.3, 0.4) is 0 Å². The SMILES string of the molecule is CNS(=O)(=O)Nc1nccc(Cc2c(C)c3cc(C)c(Oc4nccs4)cc3oc2=O)c1Cl. The summed E-state index contributed by atoms with van der Waals surface area (Å²) < 4.78 is 39.4. The van der Waals surface area contributed by atoms with Crippen LogP contribution in [0.25, 0.3) is 11.0 Å². The largest absolute Gasteiger partial charge is 0.430 e. The molecule has 4 aromatic rings. The van der Waals surface area contributed by atoms with Gasteiger partial charge in [0, 0.05) is 48.3 Å². The van der Waals surface area contributed by atoms with Crippen molar-refractivity contribution < 1.29 is 17.6 Å². The zero-order valence-electron chi connectivity index (χ0n) is 17.8. The van der Waals surface area contributed by atoms with Crippen LogP contribution in [0.15, 0.2) is 45.2 Å². The molecule has 12 heteroatoms. The summed E-state index contributed by atoms with van der Waals surface area (Å²) in [7, 11) is -2.54. The summed E-state index contributed by atoms with van der Waals surface area (Å²) >= 11 is 7.75. The van der Waals surface area contributed by atoms with Crippen molar-refractivity contribution in [3.05, 3.63) is 73.7 Å². The highest BCUT2D eigenvalue weighted by atomic mass is 35.5. The predicted molar refractivity (Wildman–Crippen MR) is 128 cm³/mol. The lowest BCUT2D eigenvalue weighted by atomic mass is 9.99. The lowest BCUT2D eigenvalue weighted by molar-refractivity contribution is 0.473. The third kappa shape index (κ3) is 4.86. The van der Waals surface area contributed by atoms with Gasteiger partial charge in [0.15, 0.2) is 5.82 Å². The monoisotopic (exact) mass is 506 g/mol. The number of hydrogen-bond acceptors (Lipinski definition) is 8. The first-order valence-electron chi connectivity index (χ1n) is 9.67. The van der Waals surface area contributed by atoms with Crippen LogP contribution in [0, 0.1) is 13.8 Å².